The fraction of sp³-hybridized carbons (Fsp3) is 0.393. The summed E-state index contributed by atoms with van der Waals surface area (Å²) in [6.45, 7) is 5.97. The summed E-state index contributed by atoms with van der Waals surface area (Å²) in [6, 6.07) is 15.6. The number of rotatable bonds is 8. The molecule has 2 heterocycles. The van der Waals surface area contributed by atoms with Crippen LogP contribution in [0.15, 0.2) is 54.7 Å². The molecule has 1 fully saturated rings. The molecule has 3 aromatic rings. The number of nitrogens with zero attached hydrogens (tertiary/aromatic N) is 3. The van der Waals surface area contributed by atoms with Gasteiger partial charge < -0.3 is 15.0 Å². The third kappa shape index (κ3) is 5.73. The van der Waals surface area contributed by atoms with Crippen molar-refractivity contribution in [2.24, 2.45) is 5.92 Å². The number of nitrogens with one attached hydrogen (secondary N) is 1. The normalized spacial score (nSPS) is 14.1. The molecule has 7 nitrogen and oxygen atoms in total. The van der Waals surface area contributed by atoms with Gasteiger partial charge in [-0.3, -0.25) is 9.59 Å². The summed E-state index contributed by atoms with van der Waals surface area (Å²) in [6.07, 6.45) is 5.19. The van der Waals surface area contributed by atoms with Gasteiger partial charge in [0.15, 0.2) is 0 Å². The number of ether oxygens (including phenoxy) is 1. The van der Waals surface area contributed by atoms with Crippen molar-refractivity contribution >= 4 is 11.8 Å². The number of benzene rings is 2. The monoisotopic (exact) mass is 474 g/mol. The van der Waals surface area contributed by atoms with Crippen molar-refractivity contribution in [3.8, 4) is 22.7 Å². The Morgan fingerprint density at radius 1 is 1.11 bits per heavy atom. The lowest BCUT2D eigenvalue weighted by Crippen LogP contribution is -2.43. The fourth-order valence-corrected chi connectivity index (χ4v) is 4.39. The average Bonchev–Trinajstić information content (AvgIpc) is 3.34. The number of hydrogen-bond donors (Lipinski definition) is 1. The van der Waals surface area contributed by atoms with Gasteiger partial charge in [-0.1, -0.05) is 43.2 Å². The second kappa shape index (κ2) is 11.2. The Balaban J connectivity index is 1.57. The van der Waals surface area contributed by atoms with Gasteiger partial charge in [-0.15, -0.1) is 0 Å². The Morgan fingerprint density at radius 2 is 1.86 bits per heavy atom. The van der Waals surface area contributed by atoms with E-state index in [9.17, 15) is 9.59 Å². The van der Waals surface area contributed by atoms with Crippen LogP contribution in [-0.4, -0.2) is 53.2 Å². The highest BCUT2D eigenvalue weighted by molar-refractivity contribution is 6.00. The van der Waals surface area contributed by atoms with Crippen LogP contribution in [-0.2, 0) is 4.79 Å². The van der Waals surface area contributed by atoms with Crippen molar-refractivity contribution in [1.29, 1.82) is 0 Å². The maximum absolute atomic E-state index is 13.7. The zero-order valence-corrected chi connectivity index (χ0v) is 20.8. The highest BCUT2D eigenvalue weighted by atomic mass is 16.5. The van der Waals surface area contributed by atoms with Gasteiger partial charge in [-0.2, -0.15) is 5.10 Å². The van der Waals surface area contributed by atoms with E-state index >= 15 is 0 Å². The molecule has 0 spiro atoms. The third-order valence-electron chi connectivity index (χ3n) is 6.57. The molecular weight excluding hydrogens is 440 g/mol. The maximum Gasteiger partial charge on any atom is 0.257 e. The first kappa shape index (κ1) is 24.5. The maximum atomic E-state index is 13.7. The molecule has 1 saturated heterocycles. The van der Waals surface area contributed by atoms with Gasteiger partial charge in [0.25, 0.3) is 5.91 Å². The highest BCUT2D eigenvalue weighted by Gasteiger charge is 2.30. The Bertz CT molecular complexity index is 1160. The molecule has 2 aromatic carbocycles. The number of unbranched alkanes of at least 4 members (excludes halogenated alkanes) is 1. The predicted octanol–water partition coefficient (Wildman–Crippen LogP) is 4.62. The molecule has 0 saturated carbocycles. The van der Waals surface area contributed by atoms with Crippen molar-refractivity contribution in [3.05, 3.63) is 65.9 Å². The van der Waals surface area contributed by atoms with Gasteiger partial charge in [0.1, 0.15) is 11.4 Å². The first-order valence-corrected chi connectivity index (χ1v) is 12.4. The number of likely N-dealkylation sites (tertiary alicyclic amines) is 1. The molecule has 2 amide bonds. The molecule has 7 heteroatoms. The largest absolute Gasteiger partial charge is 0.497 e. The van der Waals surface area contributed by atoms with E-state index in [1.165, 1.54) is 0 Å². The van der Waals surface area contributed by atoms with Gasteiger partial charge in [-0.25, -0.2) is 4.68 Å². The summed E-state index contributed by atoms with van der Waals surface area (Å²) in [7, 11) is 1.62. The Hall–Kier alpha value is -3.61. The molecular formula is C28H34N4O3. The van der Waals surface area contributed by atoms with Crippen molar-refractivity contribution < 1.29 is 14.3 Å². The summed E-state index contributed by atoms with van der Waals surface area (Å²) in [5.74, 6) is 0.713. The summed E-state index contributed by atoms with van der Waals surface area (Å²) in [5.41, 5.74) is 4.04. The molecule has 35 heavy (non-hydrogen) atoms. The van der Waals surface area contributed by atoms with Gasteiger partial charge in [0, 0.05) is 37.3 Å². The Labute approximate surface area is 207 Å². The molecule has 1 N–H and O–H groups in total. The fourth-order valence-electron chi connectivity index (χ4n) is 4.39. The van der Waals surface area contributed by atoms with Gasteiger partial charge in [0.05, 0.1) is 18.4 Å². The molecule has 0 unspecified atom stereocenters. The van der Waals surface area contributed by atoms with Crippen LogP contribution in [0.4, 0.5) is 0 Å². The SMILES string of the molecule is CCCCNC(=O)C1CCN(C(=O)c2cn(-c3ccc(C)cc3)nc2-c2cccc(OC)c2)CC1. The second-order valence-electron chi connectivity index (χ2n) is 9.11. The number of amides is 2. The number of aryl methyl sites for hydroxylation is 1. The number of carbonyl (C=O) groups excluding carboxylic acids is 2. The number of hydrogen-bond acceptors (Lipinski definition) is 4. The lowest BCUT2D eigenvalue weighted by atomic mass is 9.95. The molecule has 1 aliphatic rings. The van der Waals surface area contributed by atoms with Crippen LogP contribution in [0, 0.1) is 12.8 Å². The molecule has 0 bridgehead atoms. The first-order chi connectivity index (χ1) is 17.0. The number of piperidine rings is 1. The average molecular weight is 475 g/mol. The third-order valence-corrected chi connectivity index (χ3v) is 6.57. The molecule has 0 atom stereocenters. The standard InChI is InChI=1S/C28H34N4O3/c1-4-5-15-29-27(33)21-13-16-31(17-14-21)28(34)25-19-32(23-11-9-20(2)10-12-23)30-26(25)22-7-6-8-24(18-22)35-3/h6-12,18-19,21H,4-5,13-17H2,1-3H3,(H,29,33). The van der Waals surface area contributed by atoms with Crippen LogP contribution in [0.3, 0.4) is 0 Å². The lowest BCUT2D eigenvalue weighted by molar-refractivity contribution is -0.126. The minimum Gasteiger partial charge on any atom is -0.497 e. The van der Waals surface area contributed by atoms with E-state index in [2.05, 4.69) is 12.2 Å². The van der Waals surface area contributed by atoms with Crippen molar-refractivity contribution in [2.45, 2.75) is 39.5 Å². The first-order valence-electron chi connectivity index (χ1n) is 12.4. The topological polar surface area (TPSA) is 76.5 Å². The zero-order valence-electron chi connectivity index (χ0n) is 20.8. The van der Waals surface area contributed by atoms with Gasteiger partial charge in [0.2, 0.25) is 5.91 Å². The molecule has 0 radical (unpaired) electrons. The number of carbonyl (C=O) groups is 2. The van der Waals surface area contributed by atoms with Crippen LogP contribution >= 0.6 is 0 Å². The molecule has 0 aliphatic carbocycles. The number of methoxy groups -OCH3 is 1. The van der Waals surface area contributed by atoms with Crippen LogP contribution < -0.4 is 10.1 Å². The summed E-state index contributed by atoms with van der Waals surface area (Å²) in [5, 5.41) is 7.83. The minimum absolute atomic E-state index is 0.0379. The zero-order chi connectivity index (χ0) is 24.8. The summed E-state index contributed by atoms with van der Waals surface area (Å²) in [4.78, 5) is 28.0. The lowest BCUT2D eigenvalue weighted by Gasteiger charge is -2.31. The van der Waals surface area contributed by atoms with E-state index in [-0.39, 0.29) is 17.7 Å². The quantitative estimate of drug-likeness (QED) is 0.483. The van der Waals surface area contributed by atoms with Crippen LogP contribution in [0.5, 0.6) is 5.75 Å². The van der Waals surface area contributed by atoms with Crippen LogP contribution in [0.2, 0.25) is 0 Å². The summed E-state index contributed by atoms with van der Waals surface area (Å²) >= 11 is 0. The Kier molecular flexibility index (Phi) is 7.85. The van der Waals surface area contributed by atoms with Crippen molar-refractivity contribution in [3.63, 3.8) is 0 Å². The Morgan fingerprint density at radius 3 is 2.54 bits per heavy atom. The van der Waals surface area contributed by atoms with Gasteiger partial charge >= 0.3 is 0 Å². The highest BCUT2D eigenvalue weighted by Crippen LogP contribution is 2.29. The van der Waals surface area contributed by atoms with Crippen LogP contribution in [0.25, 0.3) is 16.9 Å². The summed E-state index contributed by atoms with van der Waals surface area (Å²) < 4.78 is 7.16. The molecule has 1 aliphatic heterocycles. The van der Waals surface area contributed by atoms with E-state index in [0.717, 1.165) is 36.2 Å². The minimum atomic E-state index is -0.0639. The van der Waals surface area contributed by atoms with Crippen LogP contribution in [0.1, 0.15) is 48.5 Å². The molecule has 184 valence electrons. The predicted molar refractivity (Wildman–Crippen MR) is 137 cm³/mol. The van der Waals surface area contributed by atoms with Gasteiger partial charge in [-0.05, 0) is 50.5 Å². The molecule has 4 rings (SSSR count). The number of aromatic nitrogens is 2. The smallest absolute Gasteiger partial charge is 0.257 e. The second-order valence-corrected chi connectivity index (χ2v) is 9.11. The van der Waals surface area contributed by atoms with E-state index in [0.29, 0.717) is 42.9 Å². The van der Waals surface area contributed by atoms with Crippen molar-refractivity contribution in [1.82, 2.24) is 20.0 Å². The van der Waals surface area contributed by atoms with E-state index < -0.39 is 0 Å². The van der Waals surface area contributed by atoms with Crippen molar-refractivity contribution in [2.75, 3.05) is 26.7 Å². The van der Waals surface area contributed by atoms with E-state index in [1.54, 1.807) is 11.8 Å². The van der Waals surface area contributed by atoms with E-state index in [4.69, 9.17) is 9.84 Å². The van der Waals surface area contributed by atoms with E-state index in [1.807, 2.05) is 66.6 Å². The molecule has 1 aromatic heterocycles.